The maximum atomic E-state index is 12.1. The van der Waals surface area contributed by atoms with Gasteiger partial charge in [-0.1, -0.05) is 0 Å². The zero-order chi connectivity index (χ0) is 13.9. The Morgan fingerprint density at radius 3 is 2.68 bits per heavy atom. The molecule has 1 aromatic rings. The van der Waals surface area contributed by atoms with E-state index in [-0.39, 0.29) is 18.0 Å². The van der Waals surface area contributed by atoms with E-state index >= 15 is 0 Å². The zero-order valence-corrected chi connectivity index (χ0v) is 10.8. The van der Waals surface area contributed by atoms with Crippen LogP contribution in [-0.2, 0) is 4.74 Å². The Morgan fingerprint density at radius 1 is 1.42 bits per heavy atom. The zero-order valence-electron chi connectivity index (χ0n) is 10.8. The van der Waals surface area contributed by atoms with E-state index in [0.717, 1.165) is 6.26 Å². The van der Waals surface area contributed by atoms with Crippen molar-refractivity contribution < 1.29 is 19.1 Å². The van der Waals surface area contributed by atoms with Crippen LogP contribution in [0.4, 0.5) is 0 Å². The van der Waals surface area contributed by atoms with Crippen LogP contribution in [0.5, 0.6) is 0 Å². The van der Waals surface area contributed by atoms with Gasteiger partial charge in [0.1, 0.15) is 6.26 Å². The van der Waals surface area contributed by atoms with E-state index in [1.54, 1.807) is 7.05 Å². The Kier molecular flexibility index (Phi) is 4.01. The van der Waals surface area contributed by atoms with Crippen molar-refractivity contribution in [3.05, 3.63) is 34.4 Å². The van der Waals surface area contributed by atoms with Gasteiger partial charge in [0, 0.05) is 45.7 Å². The first-order chi connectivity index (χ1) is 9.00. The van der Waals surface area contributed by atoms with Gasteiger partial charge >= 0.3 is 5.63 Å². The van der Waals surface area contributed by atoms with E-state index in [0.29, 0.717) is 26.1 Å². The summed E-state index contributed by atoms with van der Waals surface area (Å²) in [6.07, 6.45) is 2.15. The minimum atomic E-state index is -0.904. The molecule has 1 aliphatic rings. The Hall–Kier alpha value is -1.66. The van der Waals surface area contributed by atoms with Crippen molar-refractivity contribution in [2.45, 2.75) is 18.4 Å². The van der Waals surface area contributed by atoms with Gasteiger partial charge in [-0.2, -0.15) is 0 Å². The van der Waals surface area contributed by atoms with Gasteiger partial charge in [0.05, 0.1) is 11.2 Å². The van der Waals surface area contributed by atoms with Crippen molar-refractivity contribution in [2.24, 2.45) is 0 Å². The number of aliphatic hydroxyl groups is 1. The minimum Gasteiger partial charge on any atom is -0.430 e. The average Bonchev–Trinajstić information content (AvgIpc) is 2.39. The summed E-state index contributed by atoms with van der Waals surface area (Å²) in [5.74, 6) is -0.288. The van der Waals surface area contributed by atoms with Crippen LogP contribution in [0.25, 0.3) is 0 Å². The molecule has 0 atom stereocenters. The second kappa shape index (κ2) is 5.54. The second-order valence-electron chi connectivity index (χ2n) is 4.84. The first-order valence-corrected chi connectivity index (χ1v) is 6.15. The van der Waals surface area contributed by atoms with Crippen LogP contribution in [-0.4, -0.2) is 48.3 Å². The molecule has 1 aromatic heterocycles. The summed E-state index contributed by atoms with van der Waals surface area (Å²) in [6.45, 7) is 1.23. The van der Waals surface area contributed by atoms with Gasteiger partial charge in [-0.05, 0) is 6.07 Å². The lowest BCUT2D eigenvalue weighted by atomic mass is 9.94. The first kappa shape index (κ1) is 13.8. The van der Waals surface area contributed by atoms with Gasteiger partial charge in [-0.25, -0.2) is 4.79 Å². The highest BCUT2D eigenvalue weighted by Gasteiger charge is 2.32. The largest absolute Gasteiger partial charge is 0.430 e. The maximum Gasteiger partial charge on any atom is 0.335 e. The van der Waals surface area contributed by atoms with Crippen LogP contribution in [0.1, 0.15) is 23.2 Å². The summed E-state index contributed by atoms with van der Waals surface area (Å²) >= 11 is 0. The van der Waals surface area contributed by atoms with E-state index in [1.807, 2.05) is 0 Å². The van der Waals surface area contributed by atoms with E-state index < -0.39 is 11.2 Å². The Labute approximate surface area is 110 Å². The molecule has 1 fully saturated rings. The number of amides is 1. The van der Waals surface area contributed by atoms with Crippen LogP contribution >= 0.6 is 0 Å². The number of rotatable bonds is 3. The highest BCUT2D eigenvalue weighted by molar-refractivity contribution is 5.93. The van der Waals surface area contributed by atoms with Gasteiger partial charge in [-0.15, -0.1) is 0 Å². The SMILES string of the molecule is CN(CC1(O)CCOCC1)C(=O)c1ccc(=O)oc1. The van der Waals surface area contributed by atoms with Crippen molar-refractivity contribution in [1.29, 1.82) is 0 Å². The first-order valence-electron chi connectivity index (χ1n) is 6.15. The number of hydrogen-bond acceptors (Lipinski definition) is 5. The maximum absolute atomic E-state index is 12.1. The topological polar surface area (TPSA) is 80.0 Å². The molecule has 1 amide bonds. The lowest BCUT2D eigenvalue weighted by Gasteiger charge is -2.35. The fourth-order valence-electron chi connectivity index (χ4n) is 2.12. The molecule has 104 valence electrons. The molecule has 19 heavy (non-hydrogen) atoms. The molecule has 2 rings (SSSR count). The third-order valence-corrected chi connectivity index (χ3v) is 3.25. The van der Waals surface area contributed by atoms with Crippen LogP contribution in [0.3, 0.4) is 0 Å². The molecule has 0 radical (unpaired) electrons. The molecule has 6 nitrogen and oxygen atoms in total. The molecular weight excluding hydrogens is 250 g/mol. The lowest BCUT2D eigenvalue weighted by Crippen LogP contribution is -2.47. The summed E-state index contributed by atoms with van der Waals surface area (Å²) in [6, 6.07) is 2.61. The van der Waals surface area contributed by atoms with Crippen molar-refractivity contribution in [3.63, 3.8) is 0 Å². The molecule has 0 unspecified atom stereocenters. The standard InChI is InChI=1S/C13H17NO5/c1-14(9-13(17)4-6-18-7-5-13)12(16)10-2-3-11(15)19-8-10/h2-3,8,17H,4-7,9H2,1H3. The molecule has 0 aliphatic carbocycles. The quantitative estimate of drug-likeness (QED) is 0.849. The summed E-state index contributed by atoms with van der Waals surface area (Å²) < 4.78 is 9.85. The molecule has 0 aromatic carbocycles. The molecule has 1 saturated heterocycles. The third kappa shape index (κ3) is 3.42. The highest BCUT2D eigenvalue weighted by Crippen LogP contribution is 2.21. The van der Waals surface area contributed by atoms with Gasteiger partial charge in [0.15, 0.2) is 0 Å². The van der Waals surface area contributed by atoms with Crippen molar-refractivity contribution in [1.82, 2.24) is 4.90 Å². The number of carbonyl (C=O) groups is 1. The van der Waals surface area contributed by atoms with Crippen molar-refractivity contribution >= 4 is 5.91 Å². The summed E-state index contributed by atoms with van der Waals surface area (Å²) in [5, 5.41) is 10.3. The molecule has 0 spiro atoms. The summed E-state index contributed by atoms with van der Waals surface area (Å²) in [4.78, 5) is 24.4. The van der Waals surface area contributed by atoms with Crippen LogP contribution in [0.2, 0.25) is 0 Å². The van der Waals surface area contributed by atoms with E-state index in [4.69, 9.17) is 4.74 Å². The smallest absolute Gasteiger partial charge is 0.335 e. The molecule has 1 N–H and O–H groups in total. The predicted molar refractivity (Wildman–Crippen MR) is 66.9 cm³/mol. The highest BCUT2D eigenvalue weighted by atomic mass is 16.5. The number of nitrogens with zero attached hydrogens (tertiary/aromatic N) is 1. The molecule has 0 bridgehead atoms. The fraction of sp³-hybridized carbons (Fsp3) is 0.538. The minimum absolute atomic E-state index is 0.230. The van der Waals surface area contributed by atoms with Crippen LogP contribution in [0.15, 0.2) is 27.6 Å². The normalized spacial score (nSPS) is 18.0. The summed E-state index contributed by atoms with van der Waals surface area (Å²) in [5.41, 5.74) is -1.11. The Balaban J connectivity index is 2.02. The van der Waals surface area contributed by atoms with E-state index in [2.05, 4.69) is 4.42 Å². The monoisotopic (exact) mass is 267 g/mol. The van der Waals surface area contributed by atoms with Gasteiger partial charge < -0.3 is 19.2 Å². The molecule has 6 heteroatoms. The number of ether oxygens (including phenoxy) is 1. The van der Waals surface area contributed by atoms with Crippen molar-refractivity contribution in [3.8, 4) is 0 Å². The Bertz CT molecular complexity index is 484. The fourth-order valence-corrected chi connectivity index (χ4v) is 2.12. The Morgan fingerprint density at radius 2 is 2.11 bits per heavy atom. The third-order valence-electron chi connectivity index (χ3n) is 3.25. The number of carbonyl (C=O) groups excluding carboxylic acids is 1. The molecular formula is C13H17NO5. The second-order valence-corrected chi connectivity index (χ2v) is 4.84. The number of likely N-dealkylation sites (N-methyl/N-ethyl adjacent to an activating group) is 1. The molecule has 0 saturated carbocycles. The van der Waals surface area contributed by atoms with E-state index in [9.17, 15) is 14.7 Å². The molecule has 2 heterocycles. The van der Waals surface area contributed by atoms with Gasteiger partial charge in [0.2, 0.25) is 0 Å². The van der Waals surface area contributed by atoms with Crippen molar-refractivity contribution in [2.75, 3.05) is 26.8 Å². The molecule has 1 aliphatic heterocycles. The lowest BCUT2D eigenvalue weighted by molar-refractivity contribution is -0.0734. The number of hydrogen-bond donors (Lipinski definition) is 1. The van der Waals surface area contributed by atoms with Crippen LogP contribution < -0.4 is 5.63 Å². The average molecular weight is 267 g/mol. The van der Waals surface area contributed by atoms with Gasteiger partial charge in [0.25, 0.3) is 5.91 Å². The van der Waals surface area contributed by atoms with Gasteiger partial charge in [-0.3, -0.25) is 4.79 Å². The van der Waals surface area contributed by atoms with E-state index in [1.165, 1.54) is 17.0 Å². The predicted octanol–water partition coefficient (Wildman–Crippen LogP) is 0.253. The van der Waals surface area contributed by atoms with Crippen LogP contribution in [0, 0.1) is 0 Å². The summed E-state index contributed by atoms with van der Waals surface area (Å²) in [7, 11) is 1.61.